The van der Waals surface area contributed by atoms with E-state index in [-0.39, 0.29) is 12.7 Å². The van der Waals surface area contributed by atoms with Gasteiger partial charge in [-0.2, -0.15) is 0 Å². The standard InChI is InChI=1S/C13H18N2O4/c14-4-7-17-6-1-5-15-13(16)10-2-3-11-12(8-10)19-9-18-11/h2-3,8H,1,4-7,9,14H2,(H,15,16). The van der Waals surface area contributed by atoms with Gasteiger partial charge in [-0.05, 0) is 24.6 Å². The fourth-order valence-electron chi connectivity index (χ4n) is 1.70. The van der Waals surface area contributed by atoms with Gasteiger partial charge in [0.1, 0.15) is 0 Å². The van der Waals surface area contributed by atoms with Crippen molar-refractivity contribution in [1.82, 2.24) is 5.32 Å². The zero-order chi connectivity index (χ0) is 13.5. The maximum atomic E-state index is 11.9. The summed E-state index contributed by atoms with van der Waals surface area (Å²) in [5.74, 6) is 1.16. The minimum absolute atomic E-state index is 0.128. The zero-order valence-electron chi connectivity index (χ0n) is 10.7. The maximum absolute atomic E-state index is 11.9. The number of amides is 1. The first-order chi connectivity index (χ1) is 9.31. The van der Waals surface area contributed by atoms with E-state index in [9.17, 15) is 4.79 Å². The van der Waals surface area contributed by atoms with Crippen LogP contribution in [0.5, 0.6) is 11.5 Å². The molecule has 19 heavy (non-hydrogen) atoms. The third-order valence-electron chi connectivity index (χ3n) is 2.65. The van der Waals surface area contributed by atoms with Gasteiger partial charge >= 0.3 is 0 Å². The van der Waals surface area contributed by atoms with E-state index < -0.39 is 0 Å². The predicted molar refractivity (Wildman–Crippen MR) is 69.4 cm³/mol. The second-order valence-electron chi connectivity index (χ2n) is 4.08. The van der Waals surface area contributed by atoms with E-state index in [1.54, 1.807) is 18.2 Å². The molecule has 0 aliphatic carbocycles. The van der Waals surface area contributed by atoms with Crippen LogP contribution in [-0.4, -0.2) is 39.0 Å². The van der Waals surface area contributed by atoms with Crippen molar-refractivity contribution >= 4 is 5.91 Å². The molecule has 0 radical (unpaired) electrons. The highest BCUT2D eigenvalue weighted by Crippen LogP contribution is 2.32. The second-order valence-corrected chi connectivity index (χ2v) is 4.08. The number of ether oxygens (including phenoxy) is 3. The van der Waals surface area contributed by atoms with Gasteiger partial charge in [0.25, 0.3) is 5.91 Å². The summed E-state index contributed by atoms with van der Waals surface area (Å²) in [6, 6.07) is 5.14. The summed E-state index contributed by atoms with van der Waals surface area (Å²) in [4.78, 5) is 11.9. The van der Waals surface area contributed by atoms with Crippen LogP contribution < -0.4 is 20.5 Å². The van der Waals surface area contributed by atoms with Gasteiger partial charge in [-0.3, -0.25) is 4.79 Å². The fourth-order valence-corrected chi connectivity index (χ4v) is 1.70. The van der Waals surface area contributed by atoms with E-state index in [4.69, 9.17) is 19.9 Å². The molecule has 0 unspecified atom stereocenters. The largest absolute Gasteiger partial charge is 0.454 e. The van der Waals surface area contributed by atoms with Crippen LogP contribution in [0.4, 0.5) is 0 Å². The van der Waals surface area contributed by atoms with Crippen molar-refractivity contribution in [3.05, 3.63) is 23.8 Å². The van der Waals surface area contributed by atoms with E-state index in [1.807, 2.05) is 0 Å². The van der Waals surface area contributed by atoms with Crippen LogP contribution >= 0.6 is 0 Å². The molecule has 6 nitrogen and oxygen atoms in total. The molecule has 6 heteroatoms. The van der Waals surface area contributed by atoms with Crippen molar-refractivity contribution in [1.29, 1.82) is 0 Å². The summed E-state index contributed by atoms with van der Waals surface area (Å²) in [6.07, 6.45) is 0.760. The molecule has 0 atom stereocenters. The zero-order valence-corrected chi connectivity index (χ0v) is 10.7. The minimum atomic E-state index is -0.128. The van der Waals surface area contributed by atoms with Crippen molar-refractivity contribution in [2.45, 2.75) is 6.42 Å². The summed E-state index contributed by atoms with van der Waals surface area (Å²) < 4.78 is 15.6. The summed E-state index contributed by atoms with van der Waals surface area (Å²) in [7, 11) is 0. The Bertz CT molecular complexity index is 437. The Hall–Kier alpha value is -1.79. The number of hydrogen-bond acceptors (Lipinski definition) is 5. The Morgan fingerprint density at radius 3 is 3.00 bits per heavy atom. The maximum Gasteiger partial charge on any atom is 0.251 e. The first-order valence-electron chi connectivity index (χ1n) is 6.27. The highest BCUT2D eigenvalue weighted by atomic mass is 16.7. The molecule has 1 aromatic rings. The Balaban J connectivity index is 1.74. The lowest BCUT2D eigenvalue weighted by atomic mass is 10.2. The molecule has 3 N–H and O–H groups in total. The number of nitrogens with one attached hydrogen (secondary N) is 1. The molecule has 0 aromatic heterocycles. The van der Waals surface area contributed by atoms with E-state index in [1.165, 1.54) is 0 Å². The average Bonchev–Trinajstić information content (AvgIpc) is 2.89. The van der Waals surface area contributed by atoms with Crippen molar-refractivity contribution in [2.24, 2.45) is 5.73 Å². The molecule has 1 heterocycles. The van der Waals surface area contributed by atoms with Crippen LogP contribution in [0.3, 0.4) is 0 Å². The van der Waals surface area contributed by atoms with E-state index in [2.05, 4.69) is 5.32 Å². The van der Waals surface area contributed by atoms with Crippen LogP contribution in [0, 0.1) is 0 Å². The summed E-state index contributed by atoms with van der Waals surface area (Å²) in [6.45, 7) is 2.44. The Labute approximate surface area is 111 Å². The molecular formula is C13H18N2O4. The predicted octanol–water partition coefficient (Wildman–Crippen LogP) is 0.510. The third-order valence-corrected chi connectivity index (χ3v) is 2.65. The van der Waals surface area contributed by atoms with Crippen molar-refractivity contribution in [3.63, 3.8) is 0 Å². The molecule has 0 saturated heterocycles. The lowest BCUT2D eigenvalue weighted by Crippen LogP contribution is -2.25. The topological polar surface area (TPSA) is 82.8 Å². The monoisotopic (exact) mass is 266 g/mol. The Morgan fingerprint density at radius 1 is 1.32 bits per heavy atom. The lowest BCUT2D eigenvalue weighted by Gasteiger charge is -2.06. The van der Waals surface area contributed by atoms with E-state index in [0.717, 1.165) is 6.42 Å². The van der Waals surface area contributed by atoms with E-state index >= 15 is 0 Å². The molecule has 1 aliphatic heterocycles. The minimum Gasteiger partial charge on any atom is -0.454 e. The molecule has 1 aliphatic rings. The average molecular weight is 266 g/mol. The van der Waals surface area contributed by atoms with Crippen molar-refractivity contribution in [3.8, 4) is 11.5 Å². The fraction of sp³-hybridized carbons (Fsp3) is 0.462. The first kappa shape index (κ1) is 13.6. The smallest absolute Gasteiger partial charge is 0.251 e. The molecule has 0 bridgehead atoms. The SMILES string of the molecule is NCCOCCCNC(=O)c1ccc2c(c1)OCO2. The molecule has 0 saturated carbocycles. The molecule has 104 valence electrons. The van der Waals surface area contributed by atoms with Crippen molar-refractivity contribution in [2.75, 3.05) is 33.1 Å². The van der Waals surface area contributed by atoms with Gasteiger partial charge in [0.15, 0.2) is 11.5 Å². The molecular weight excluding hydrogens is 248 g/mol. The number of carbonyl (C=O) groups is 1. The van der Waals surface area contributed by atoms with Gasteiger partial charge in [-0.25, -0.2) is 0 Å². The van der Waals surface area contributed by atoms with Crippen molar-refractivity contribution < 1.29 is 19.0 Å². The molecule has 0 fully saturated rings. The second kappa shape index (κ2) is 6.96. The number of nitrogens with two attached hydrogens (primary N) is 1. The van der Waals surface area contributed by atoms with Crippen LogP contribution in [0.1, 0.15) is 16.8 Å². The Kier molecular flexibility index (Phi) is 5.00. The summed E-state index contributed by atoms with van der Waals surface area (Å²) in [5, 5.41) is 2.82. The molecule has 0 spiro atoms. The van der Waals surface area contributed by atoms with Crippen LogP contribution in [-0.2, 0) is 4.74 Å². The first-order valence-corrected chi connectivity index (χ1v) is 6.27. The third kappa shape index (κ3) is 3.84. The lowest BCUT2D eigenvalue weighted by molar-refractivity contribution is 0.0942. The van der Waals surface area contributed by atoms with Gasteiger partial charge in [0, 0.05) is 25.3 Å². The summed E-state index contributed by atoms with van der Waals surface area (Å²) in [5.41, 5.74) is 5.86. The highest BCUT2D eigenvalue weighted by molar-refractivity contribution is 5.94. The van der Waals surface area contributed by atoms with Crippen LogP contribution in [0.2, 0.25) is 0 Å². The number of hydrogen-bond donors (Lipinski definition) is 2. The Morgan fingerprint density at radius 2 is 2.16 bits per heavy atom. The normalized spacial score (nSPS) is 12.5. The molecule has 2 rings (SSSR count). The van der Waals surface area contributed by atoms with E-state index in [0.29, 0.717) is 43.4 Å². The van der Waals surface area contributed by atoms with Gasteiger partial charge in [-0.1, -0.05) is 0 Å². The van der Waals surface area contributed by atoms with Crippen LogP contribution in [0.25, 0.3) is 0 Å². The van der Waals surface area contributed by atoms with Gasteiger partial charge in [0.05, 0.1) is 6.61 Å². The quantitative estimate of drug-likeness (QED) is 0.703. The van der Waals surface area contributed by atoms with Gasteiger partial charge in [-0.15, -0.1) is 0 Å². The van der Waals surface area contributed by atoms with Crippen LogP contribution in [0.15, 0.2) is 18.2 Å². The van der Waals surface area contributed by atoms with Gasteiger partial charge < -0.3 is 25.3 Å². The highest BCUT2D eigenvalue weighted by Gasteiger charge is 2.15. The summed E-state index contributed by atoms with van der Waals surface area (Å²) >= 11 is 0. The number of benzene rings is 1. The number of rotatable bonds is 7. The number of carbonyl (C=O) groups excluding carboxylic acids is 1. The number of fused-ring (bicyclic) bond motifs is 1. The molecule has 1 aromatic carbocycles. The van der Waals surface area contributed by atoms with Gasteiger partial charge in [0.2, 0.25) is 6.79 Å². The molecule has 1 amide bonds.